The molecule has 9 heteroatoms. The molecular weight excluding hydrogens is 1490 g/mol. The number of benzene rings is 8. The van der Waals surface area contributed by atoms with Gasteiger partial charge in [0.15, 0.2) is 0 Å². The Bertz CT molecular complexity index is 3580. The van der Waals surface area contributed by atoms with Gasteiger partial charge < -0.3 is 33.9 Å². The van der Waals surface area contributed by atoms with Gasteiger partial charge in [0, 0.05) is 63.5 Å². The minimum absolute atomic E-state index is 0.0125. The van der Waals surface area contributed by atoms with Crippen molar-refractivity contribution in [3.05, 3.63) is 273 Å². The van der Waals surface area contributed by atoms with E-state index in [-0.39, 0.29) is 68.0 Å². The molecule has 0 saturated heterocycles. The van der Waals surface area contributed by atoms with Gasteiger partial charge in [-0.15, -0.1) is 0 Å². The monoisotopic (exact) mass is 1640 g/mol. The molecule has 0 bridgehead atoms. The van der Waals surface area contributed by atoms with E-state index in [4.69, 9.17) is 23.7 Å². The second-order valence-corrected chi connectivity index (χ2v) is 35.6. The van der Waals surface area contributed by atoms with E-state index in [2.05, 4.69) is 293 Å². The molecule has 8 rings (SSSR count). The molecule has 10 atom stereocenters. The number of rotatable bonds is 64. The lowest BCUT2D eigenvalue weighted by atomic mass is 9.81. The molecule has 0 saturated carbocycles. The maximum atomic E-state index is 11.1. The van der Waals surface area contributed by atoms with Gasteiger partial charge in [0.05, 0.1) is 32.5 Å². The van der Waals surface area contributed by atoms with E-state index in [9.17, 15) is 10.2 Å². The number of aliphatic hydroxyl groups is 2. The number of thiol groups is 1. The van der Waals surface area contributed by atoms with E-state index in [1.54, 1.807) is 0 Å². The zero-order chi connectivity index (χ0) is 83.8. The minimum atomic E-state index is -1.10. The van der Waals surface area contributed by atoms with Crippen molar-refractivity contribution in [2.24, 2.45) is 0 Å². The van der Waals surface area contributed by atoms with Crippen molar-refractivity contribution in [2.45, 2.75) is 334 Å². The highest BCUT2D eigenvalue weighted by Gasteiger charge is 2.30. The van der Waals surface area contributed by atoms with Crippen LogP contribution in [-0.2, 0) is 14.2 Å². The zero-order valence-corrected chi connectivity index (χ0v) is 76.6. The fourth-order valence-electron chi connectivity index (χ4n) is 16.4. The highest BCUT2D eigenvalue weighted by Crippen LogP contribution is 2.46. The lowest BCUT2D eigenvalue weighted by molar-refractivity contribution is -0.110. The molecule has 0 aromatic heterocycles. The van der Waals surface area contributed by atoms with E-state index in [0.717, 1.165) is 63.9 Å². The summed E-state index contributed by atoms with van der Waals surface area (Å²) in [4.78, 5) is 0. The first-order chi connectivity index (χ1) is 57.9. The van der Waals surface area contributed by atoms with Crippen LogP contribution in [0.4, 0.5) is 0 Å². The van der Waals surface area contributed by atoms with Gasteiger partial charge in [0.1, 0.15) is 43.0 Å². The van der Waals surface area contributed by atoms with E-state index in [1.165, 1.54) is 244 Å². The Hall–Kier alpha value is -6.14. The van der Waals surface area contributed by atoms with Crippen LogP contribution >= 0.6 is 24.4 Å². The minimum Gasteiger partial charge on any atom is -0.490 e. The van der Waals surface area contributed by atoms with Crippen molar-refractivity contribution in [1.82, 2.24) is 0 Å². The smallest absolute Gasteiger partial charge is 0.127 e. The van der Waals surface area contributed by atoms with Crippen molar-refractivity contribution in [3.8, 4) is 11.5 Å². The summed E-state index contributed by atoms with van der Waals surface area (Å²) >= 11 is 6.26. The van der Waals surface area contributed by atoms with Gasteiger partial charge in [0.2, 0.25) is 0 Å². The van der Waals surface area contributed by atoms with Crippen LogP contribution in [-0.4, -0.2) is 91.5 Å². The zero-order valence-electron chi connectivity index (χ0n) is 74.9. The highest BCUT2D eigenvalue weighted by molar-refractivity contribution is 7.99. The second-order valence-electron chi connectivity index (χ2n) is 34.0. The third kappa shape index (κ3) is 37.3. The molecule has 8 aromatic rings. The first-order valence-electron chi connectivity index (χ1n) is 47.1. The summed E-state index contributed by atoms with van der Waals surface area (Å²) in [5.74, 6) is 4.93. The van der Waals surface area contributed by atoms with Crippen LogP contribution in [0, 0.1) is 0 Å². The van der Waals surface area contributed by atoms with Crippen molar-refractivity contribution in [2.75, 3.05) is 56.9 Å². The van der Waals surface area contributed by atoms with Gasteiger partial charge in [0.25, 0.3) is 0 Å². The topological polar surface area (TPSA) is 86.6 Å². The first kappa shape index (κ1) is 99.0. The Balaban J connectivity index is 0.00000135. The summed E-state index contributed by atoms with van der Waals surface area (Å²) < 4.78 is 36.4. The molecule has 2 N–H and O–H groups in total. The second kappa shape index (κ2) is 61.2. The highest BCUT2D eigenvalue weighted by atomic mass is 32.2. The van der Waals surface area contributed by atoms with E-state index in [1.807, 2.05) is 0 Å². The molecular formula is C109H158O7S2. The fraction of sp³-hybridized carbons (Fsp3) is 0.560. The Morgan fingerprint density at radius 2 is 0.542 bits per heavy atom. The van der Waals surface area contributed by atoms with Crippen LogP contribution in [0.15, 0.2) is 206 Å². The molecule has 0 radical (unpaired) electrons. The number of ether oxygens (including phenoxy) is 5. The summed E-state index contributed by atoms with van der Waals surface area (Å²) in [7, 11) is 0. The van der Waals surface area contributed by atoms with Gasteiger partial charge in [-0.05, 0) is 75.3 Å². The first-order valence-corrected chi connectivity index (χ1v) is 48.9. The Kier molecular flexibility index (Phi) is 51.3. The van der Waals surface area contributed by atoms with Crippen LogP contribution in [0.1, 0.15) is 376 Å². The summed E-state index contributed by atoms with van der Waals surface area (Å²) in [6, 6.07) is 74.3. The molecule has 0 aliphatic carbocycles. The maximum absolute atomic E-state index is 11.1. The van der Waals surface area contributed by atoms with E-state index >= 15 is 0 Å². The Morgan fingerprint density at radius 1 is 0.288 bits per heavy atom. The lowest BCUT2D eigenvalue weighted by Gasteiger charge is -2.30. The number of hydrogen-bond donors (Lipinski definition) is 3. The van der Waals surface area contributed by atoms with E-state index in [0.29, 0.717) is 6.61 Å². The number of unbranched alkanes of at least 4 members (excludes halogenated alkanes) is 29. The van der Waals surface area contributed by atoms with Crippen LogP contribution < -0.4 is 9.47 Å². The molecule has 0 heterocycles. The SMILES string of the molecule is CCCCCCCCCCCCCCC(CSCCCCCCCCCCCC)OCC(COc1c(C(C)c2ccccc2)cc(C(C)c2ccccc2)cc1C(C)c1ccccc1)OCC(COc1c(C(C)c2ccccc2)cc(C(C)c2ccccc2)cc1C(C)c1ccccc1)OCC(O)CO.CCCCCCCCCCCCS. The average molecular weight is 1640 g/mol. The molecule has 0 aliphatic heterocycles. The largest absolute Gasteiger partial charge is 0.490 e. The molecule has 10 unspecified atom stereocenters. The van der Waals surface area contributed by atoms with Crippen LogP contribution in [0.25, 0.3) is 0 Å². The van der Waals surface area contributed by atoms with E-state index < -0.39 is 24.9 Å². The van der Waals surface area contributed by atoms with Gasteiger partial charge in [-0.2, -0.15) is 24.4 Å². The summed E-state index contributed by atoms with van der Waals surface area (Å²) in [6.07, 6.45) is 41.9. The standard InChI is InChI=1S/C97H132O7S.C12H26S/c1-9-11-13-15-17-19-21-22-23-25-27-47-61-89(73-105-62-48-28-26-24-20-18-16-14-12-10-2)101-69-91(72-104-97-94(78(7)84-57-43-33-44-58-84)65-87(75(4)81-51-37-30-38-52-81)66-95(97)79(8)85-59-45-34-46-60-85)102-70-90(100-68-88(99)67-98)71-103-96-92(76(5)82-53-39-31-40-54-82)63-86(74(3)80-49-35-29-36-50-80)64-93(96)77(6)83-55-41-32-42-56-83;1-2-3-4-5-6-7-8-9-10-11-12-13/h29-46,49-60,63-66,74-79,88-91,98-99H,9-28,47-48,61-62,67-73H2,1-8H3;13H,2-12H2,1H3. The molecule has 7 nitrogen and oxygen atoms in total. The normalized spacial score (nSPS) is 14.1. The van der Waals surface area contributed by atoms with Crippen molar-refractivity contribution in [1.29, 1.82) is 0 Å². The molecule has 0 fully saturated rings. The Morgan fingerprint density at radius 3 is 0.831 bits per heavy atom. The summed E-state index contributed by atoms with van der Waals surface area (Å²) in [6.45, 7) is 20.9. The van der Waals surface area contributed by atoms with Crippen LogP contribution in [0.3, 0.4) is 0 Å². The van der Waals surface area contributed by atoms with Crippen molar-refractivity contribution in [3.63, 3.8) is 0 Å². The van der Waals surface area contributed by atoms with Crippen molar-refractivity contribution >= 4 is 24.4 Å². The summed E-state index contributed by atoms with van der Waals surface area (Å²) in [5, 5.41) is 21.4. The fourth-order valence-corrected chi connectivity index (χ4v) is 17.8. The third-order valence-electron chi connectivity index (χ3n) is 24.4. The van der Waals surface area contributed by atoms with Crippen LogP contribution in [0.2, 0.25) is 0 Å². The number of hydrogen-bond acceptors (Lipinski definition) is 9. The molecule has 0 aliphatic rings. The summed E-state index contributed by atoms with van der Waals surface area (Å²) in [5.41, 5.74) is 14.2. The van der Waals surface area contributed by atoms with Gasteiger partial charge in [-0.25, -0.2) is 0 Å². The van der Waals surface area contributed by atoms with Crippen molar-refractivity contribution < 1.29 is 33.9 Å². The predicted octanol–water partition coefficient (Wildman–Crippen LogP) is 30.1. The molecule has 0 amide bonds. The molecule has 8 aromatic carbocycles. The quantitative estimate of drug-likeness (QED) is 0.0257. The maximum Gasteiger partial charge on any atom is 0.127 e. The molecule has 648 valence electrons. The van der Waals surface area contributed by atoms with Gasteiger partial charge >= 0.3 is 0 Å². The van der Waals surface area contributed by atoms with Gasteiger partial charge in [-0.1, -0.05) is 461 Å². The number of thioether (sulfide) groups is 1. The third-order valence-corrected chi connectivity index (χ3v) is 25.9. The molecule has 118 heavy (non-hydrogen) atoms. The lowest BCUT2D eigenvalue weighted by Crippen LogP contribution is -2.37. The Labute approximate surface area is 729 Å². The van der Waals surface area contributed by atoms with Gasteiger partial charge in [-0.3, -0.25) is 0 Å². The number of aliphatic hydroxyl groups excluding tert-OH is 2. The average Bonchev–Trinajstić information content (AvgIpc) is 0.779. The molecule has 0 spiro atoms. The van der Waals surface area contributed by atoms with Crippen LogP contribution in [0.5, 0.6) is 11.5 Å². The predicted molar refractivity (Wildman–Crippen MR) is 511 cm³/mol.